The Balaban J connectivity index is 1.44. The average molecular weight is 496 g/mol. The van der Waals surface area contributed by atoms with Crippen molar-refractivity contribution in [3.8, 4) is 22.8 Å². The second-order valence-corrected chi connectivity index (χ2v) is 9.03. The minimum Gasteiger partial charge on any atom is -0.493 e. The predicted octanol–water partition coefficient (Wildman–Crippen LogP) is 5.11. The van der Waals surface area contributed by atoms with E-state index in [4.69, 9.17) is 31.2 Å². The van der Waals surface area contributed by atoms with Gasteiger partial charge < -0.3 is 19.0 Å². The number of amides is 1. The Kier molecular flexibility index (Phi) is 7.04. The molecule has 1 fully saturated rings. The number of nitrogens with zero attached hydrogens (tertiary/aromatic N) is 1. The third kappa shape index (κ3) is 5.00. The van der Waals surface area contributed by atoms with E-state index in [9.17, 15) is 9.59 Å². The van der Waals surface area contributed by atoms with Crippen LogP contribution in [-0.4, -0.2) is 47.0 Å². The Labute approximate surface area is 206 Å². The molecule has 2 heterocycles. The van der Waals surface area contributed by atoms with Gasteiger partial charge in [0.15, 0.2) is 11.5 Å². The zero-order valence-corrected chi connectivity index (χ0v) is 20.1. The SMILES string of the molecule is COc1ccc(CCN2C(=O)/C(=C/c3ccc(-c4ccc(C(=O)O)cc4)o3)SC2=S)cc1OC. The van der Waals surface area contributed by atoms with Crippen LogP contribution in [0.1, 0.15) is 21.7 Å². The summed E-state index contributed by atoms with van der Waals surface area (Å²) in [6.45, 7) is 0.441. The molecule has 2 aromatic carbocycles. The lowest BCUT2D eigenvalue weighted by Crippen LogP contribution is -2.30. The summed E-state index contributed by atoms with van der Waals surface area (Å²) in [4.78, 5) is 26.0. The summed E-state index contributed by atoms with van der Waals surface area (Å²) in [6, 6.07) is 15.6. The number of carbonyl (C=O) groups is 2. The third-order valence-corrected chi connectivity index (χ3v) is 6.64. The number of thioether (sulfide) groups is 1. The molecule has 1 aliphatic heterocycles. The second kappa shape index (κ2) is 10.1. The van der Waals surface area contributed by atoms with Gasteiger partial charge in [-0.15, -0.1) is 0 Å². The minimum atomic E-state index is -0.986. The molecule has 4 rings (SSSR count). The van der Waals surface area contributed by atoms with Crippen molar-refractivity contribution in [2.45, 2.75) is 6.42 Å². The van der Waals surface area contributed by atoms with Gasteiger partial charge in [0, 0.05) is 18.2 Å². The van der Waals surface area contributed by atoms with Crippen molar-refractivity contribution in [2.24, 2.45) is 0 Å². The van der Waals surface area contributed by atoms with Gasteiger partial charge in [-0.3, -0.25) is 9.69 Å². The van der Waals surface area contributed by atoms with Crippen molar-refractivity contribution in [1.82, 2.24) is 4.90 Å². The molecule has 0 radical (unpaired) electrons. The van der Waals surface area contributed by atoms with Gasteiger partial charge in [-0.25, -0.2) is 4.79 Å². The van der Waals surface area contributed by atoms with Crippen molar-refractivity contribution in [1.29, 1.82) is 0 Å². The summed E-state index contributed by atoms with van der Waals surface area (Å²) >= 11 is 6.67. The molecule has 0 spiro atoms. The van der Waals surface area contributed by atoms with Gasteiger partial charge in [-0.1, -0.05) is 42.2 Å². The van der Waals surface area contributed by atoms with E-state index in [0.29, 0.717) is 45.2 Å². The Morgan fingerprint density at radius 3 is 2.50 bits per heavy atom. The highest BCUT2D eigenvalue weighted by molar-refractivity contribution is 8.26. The smallest absolute Gasteiger partial charge is 0.335 e. The topological polar surface area (TPSA) is 89.2 Å². The number of carbonyl (C=O) groups excluding carboxylic acids is 1. The molecule has 3 aromatic rings. The number of carboxylic acids is 1. The second-order valence-electron chi connectivity index (χ2n) is 7.36. The largest absolute Gasteiger partial charge is 0.493 e. The van der Waals surface area contributed by atoms with Gasteiger partial charge >= 0.3 is 5.97 Å². The number of ether oxygens (including phenoxy) is 2. The maximum atomic E-state index is 13.0. The molecule has 9 heteroatoms. The summed E-state index contributed by atoms with van der Waals surface area (Å²) in [5.74, 6) is 1.22. The van der Waals surface area contributed by atoms with Gasteiger partial charge in [-0.05, 0) is 48.4 Å². The van der Waals surface area contributed by atoms with E-state index in [2.05, 4.69) is 0 Å². The zero-order valence-electron chi connectivity index (χ0n) is 18.4. The monoisotopic (exact) mass is 495 g/mol. The minimum absolute atomic E-state index is 0.167. The Hall–Kier alpha value is -3.56. The average Bonchev–Trinajstić information content (AvgIpc) is 3.41. The number of hydrogen-bond donors (Lipinski definition) is 1. The number of methoxy groups -OCH3 is 2. The van der Waals surface area contributed by atoms with Crippen LogP contribution < -0.4 is 9.47 Å². The van der Waals surface area contributed by atoms with Crippen molar-refractivity contribution >= 4 is 46.3 Å². The fourth-order valence-corrected chi connectivity index (χ4v) is 4.75. The number of furan rings is 1. The highest BCUT2D eigenvalue weighted by atomic mass is 32.2. The van der Waals surface area contributed by atoms with Crippen LogP contribution in [0, 0.1) is 0 Å². The molecule has 1 aliphatic rings. The molecule has 0 aliphatic carbocycles. The van der Waals surface area contributed by atoms with E-state index in [-0.39, 0.29) is 11.5 Å². The molecule has 174 valence electrons. The normalized spacial score (nSPS) is 14.6. The number of carboxylic acid groups (broad SMARTS) is 1. The lowest BCUT2D eigenvalue weighted by atomic mass is 10.1. The number of hydrogen-bond acceptors (Lipinski definition) is 7. The molecule has 0 unspecified atom stereocenters. The van der Waals surface area contributed by atoms with Gasteiger partial charge in [0.2, 0.25) is 0 Å². The molecular weight excluding hydrogens is 474 g/mol. The molecule has 1 amide bonds. The van der Waals surface area contributed by atoms with Crippen LogP contribution >= 0.6 is 24.0 Å². The number of rotatable bonds is 8. The van der Waals surface area contributed by atoms with Crippen LogP contribution in [-0.2, 0) is 11.2 Å². The van der Waals surface area contributed by atoms with Crippen molar-refractivity contribution in [2.75, 3.05) is 20.8 Å². The van der Waals surface area contributed by atoms with Crippen LogP contribution in [0.2, 0.25) is 0 Å². The first kappa shape index (κ1) is 23.6. The van der Waals surface area contributed by atoms with E-state index in [1.54, 1.807) is 49.5 Å². The highest BCUT2D eigenvalue weighted by Gasteiger charge is 2.32. The lowest BCUT2D eigenvalue weighted by molar-refractivity contribution is -0.122. The van der Waals surface area contributed by atoms with Crippen molar-refractivity contribution < 1.29 is 28.6 Å². The van der Waals surface area contributed by atoms with Crippen LogP contribution in [0.15, 0.2) is 63.9 Å². The molecule has 1 aromatic heterocycles. The Morgan fingerprint density at radius 2 is 1.82 bits per heavy atom. The third-order valence-electron chi connectivity index (χ3n) is 5.26. The molecule has 0 atom stereocenters. The van der Waals surface area contributed by atoms with Gasteiger partial charge in [0.1, 0.15) is 15.8 Å². The van der Waals surface area contributed by atoms with E-state index < -0.39 is 5.97 Å². The summed E-state index contributed by atoms with van der Waals surface area (Å²) < 4.78 is 17.0. The number of benzene rings is 2. The summed E-state index contributed by atoms with van der Waals surface area (Å²) in [5.41, 5.74) is 1.94. The standard InChI is InChI=1S/C25H21NO6S2/c1-30-20-9-3-15(13-21(20)31-2)11-12-26-23(27)22(34-25(26)33)14-18-8-10-19(32-18)16-4-6-17(7-5-16)24(28)29/h3-10,13-14H,11-12H2,1-2H3,(H,28,29)/b22-14-. The maximum absolute atomic E-state index is 13.0. The highest BCUT2D eigenvalue weighted by Crippen LogP contribution is 2.34. The van der Waals surface area contributed by atoms with E-state index >= 15 is 0 Å². The lowest BCUT2D eigenvalue weighted by Gasteiger charge is -2.15. The Bertz CT molecular complexity index is 1280. The molecular formula is C25H21NO6S2. The molecule has 1 saturated heterocycles. The first-order valence-corrected chi connectivity index (χ1v) is 11.5. The first-order valence-electron chi connectivity index (χ1n) is 10.3. The van der Waals surface area contributed by atoms with Crippen LogP contribution in [0.5, 0.6) is 11.5 Å². The Morgan fingerprint density at radius 1 is 1.09 bits per heavy atom. The summed E-state index contributed by atoms with van der Waals surface area (Å²) in [5, 5.41) is 9.03. The van der Waals surface area contributed by atoms with Gasteiger partial charge in [-0.2, -0.15) is 0 Å². The number of aromatic carboxylic acids is 1. The maximum Gasteiger partial charge on any atom is 0.335 e. The fraction of sp³-hybridized carbons (Fsp3) is 0.160. The van der Waals surface area contributed by atoms with Crippen molar-refractivity contribution in [3.63, 3.8) is 0 Å². The van der Waals surface area contributed by atoms with Gasteiger partial charge in [0.25, 0.3) is 5.91 Å². The molecule has 1 N–H and O–H groups in total. The quantitative estimate of drug-likeness (QED) is 0.341. The summed E-state index contributed by atoms with van der Waals surface area (Å²) in [7, 11) is 3.17. The molecule has 34 heavy (non-hydrogen) atoms. The van der Waals surface area contributed by atoms with Crippen LogP contribution in [0.25, 0.3) is 17.4 Å². The molecule has 0 bridgehead atoms. The fourth-order valence-electron chi connectivity index (χ4n) is 3.46. The van der Waals surface area contributed by atoms with E-state index in [1.807, 2.05) is 18.2 Å². The van der Waals surface area contributed by atoms with Crippen LogP contribution in [0.4, 0.5) is 0 Å². The molecule has 7 nitrogen and oxygen atoms in total. The van der Waals surface area contributed by atoms with E-state index in [1.165, 1.54) is 23.9 Å². The first-order chi connectivity index (χ1) is 16.4. The number of thiocarbonyl (C=S) groups is 1. The molecule has 0 saturated carbocycles. The van der Waals surface area contributed by atoms with Crippen LogP contribution in [0.3, 0.4) is 0 Å². The zero-order chi connectivity index (χ0) is 24.2. The van der Waals surface area contributed by atoms with Crippen molar-refractivity contribution in [3.05, 3.63) is 76.4 Å². The predicted molar refractivity (Wildman–Crippen MR) is 134 cm³/mol. The summed E-state index contributed by atoms with van der Waals surface area (Å²) in [6.07, 6.45) is 2.28. The van der Waals surface area contributed by atoms with E-state index in [0.717, 1.165) is 11.1 Å². The van der Waals surface area contributed by atoms with Gasteiger partial charge in [0.05, 0.1) is 24.7 Å².